The maximum Gasteiger partial charge on any atom is 0.337 e. The Bertz CT molecular complexity index is 1200. The molecule has 1 aromatic heterocycles. The van der Waals surface area contributed by atoms with E-state index >= 15 is 0 Å². The molecule has 0 atom stereocenters. The predicted octanol–water partition coefficient (Wildman–Crippen LogP) is 5.09. The Morgan fingerprint density at radius 3 is 2.29 bits per heavy atom. The third-order valence-electron chi connectivity index (χ3n) is 5.85. The molecule has 0 spiro atoms. The summed E-state index contributed by atoms with van der Waals surface area (Å²) in [6.07, 6.45) is 0.797. The van der Waals surface area contributed by atoms with Crippen molar-refractivity contribution in [2.24, 2.45) is 11.7 Å². The summed E-state index contributed by atoms with van der Waals surface area (Å²) in [5.41, 5.74) is 13.4. The summed E-state index contributed by atoms with van der Waals surface area (Å²) >= 11 is 0. The zero-order valence-corrected chi connectivity index (χ0v) is 20.8. The van der Waals surface area contributed by atoms with Crippen LogP contribution in [0, 0.1) is 19.8 Å². The Balaban J connectivity index is 2.21. The van der Waals surface area contributed by atoms with Gasteiger partial charge < -0.3 is 15.4 Å². The Morgan fingerprint density at radius 2 is 1.71 bits per heavy atom. The van der Waals surface area contributed by atoms with E-state index < -0.39 is 5.97 Å². The molecule has 0 radical (unpaired) electrons. The first kappa shape index (κ1) is 25.1. The molecule has 0 fully saturated rings. The molecule has 0 saturated heterocycles. The largest absolute Gasteiger partial charge is 0.465 e. The van der Waals surface area contributed by atoms with Crippen LogP contribution in [-0.2, 0) is 17.7 Å². The summed E-state index contributed by atoms with van der Waals surface area (Å²) in [6, 6.07) is 14.8. The average molecular weight is 460 g/mol. The van der Waals surface area contributed by atoms with Crippen LogP contribution in [0.3, 0.4) is 0 Å². The predicted molar refractivity (Wildman–Crippen MR) is 136 cm³/mol. The maximum atomic E-state index is 13.6. The molecule has 1 heterocycles. The van der Waals surface area contributed by atoms with Gasteiger partial charge in [0, 0.05) is 30.4 Å². The molecule has 2 aromatic carbocycles. The van der Waals surface area contributed by atoms with Gasteiger partial charge in [0.1, 0.15) is 0 Å². The average Bonchev–Trinajstić information content (AvgIpc) is 2.82. The third kappa shape index (κ3) is 5.18. The molecule has 178 valence electrons. The molecule has 3 aromatic rings. The Kier molecular flexibility index (Phi) is 7.84. The number of pyridine rings is 1. The van der Waals surface area contributed by atoms with Gasteiger partial charge in [-0.15, -0.1) is 0 Å². The number of rotatable bonds is 7. The van der Waals surface area contributed by atoms with E-state index in [0.29, 0.717) is 29.3 Å². The van der Waals surface area contributed by atoms with Crippen LogP contribution in [0.25, 0.3) is 11.1 Å². The Labute approximate surface area is 201 Å². The van der Waals surface area contributed by atoms with E-state index in [1.54, 1.807) is 36.2 Å². The van der Waals surface area contributed by atoms with Crippen molar-refractivity contribution in [3.8, 4) is 11.1 Å². The minimum Gasteiger partial charge on any atom is -0.465 e. The number of nitrogens with two attached hydrogens (primary N) is 1. The molecule has 2 N–H and O–H groups in total. The van der Waals surface area contributed by atoms with Crippen LogP contribution < -0.4 is 10.6 Å². The number of aryl methyl sites for hydroxylation is 2. The normalized spacial score (nSPS) is 10.9. The minimum atomic E-state index is -0.487. The van der Waals surface area contributed by atoms with E-state index in [-0.39, 0.29) is 5.91 Å². The van der Waals surface area contributed by atoms with Gasteiger partial charge in [0.15, 0.2) is 0 Å². The van der Waals surface area contributed by atoms with Gasteiger partial charge in [0.05, 0.1) is 24.1 Å². The fraction of sp³-hybridized carbons (Fsp3) is 0.321. The molecule has 6 nitrogen and oxygen atoms in total. The highest BCUT2D eigenvalue weighted by Gasteiger charge is 2.25. The van der Waals surface area contributed by atoms with Gasteiger partial charge in [0.2, 0.25) is 0 Å². The fourth-order valence-corrected chi connectivity index (χ4v) is 4.20. The summed E-state index contributed by atoms with van der Waals surface area (Å²) in [5, 5.41) is 0. The van der Waals surface area contributed by atoms with Crippen molar-refractivity contribution in [2.75, 3.05) is 19.1 Å². The third-order valence-corrected chi connectivity index (χ3v) is 5.85. The van der Waals surface area contributed by atoms with Crippen molar-refractivity contribution >= 4 is 17.6 Å². The smallest absolute Gasteiger partial charge is 0.337 e. The molecule has 6 heteroatoms. The summed E-state index contributed by atoms with van der Waals surface area (Å²) in [6.45, 7) is 8.58. The zero-order valence-electron chi connectivity index (χ0n) is 20.8. The topological polar surface area (TPSA) is 85.5 Å². The highest BCUT2D eigenvalue weighted by Crippen LogP contribution is 2.38. The number of esters is 1. The number of hydrogen-bond donors (Lipinski definition) is 1. The summed E-state index contributed by atoms with van der Waals surface area (Å²) < 4.78 is 4.81. The monoisotopic (exact) mass is 459 g/mol. The zero-order chi connectivity index (χ0) is 25.0. The number of aromatic nitrogens is 1. The fourth-order valence-electron chi connectivity index (χ4n) is 4.20. The van der Waals surface area contributed by atoms with Crippen LogP contribution >= 0.6 is 0 Å². The highest BCUT2D eigenvalue weighted by molar-refractivity contribution is 6.09. The van der Waals surface area contributed by atoms with Crippen molar-refractivity contribution in [3.05, 3.63) is 82.2 Å². The first-order chi connectivity index (χ1) is 16.2. The molecule has 0 unspecified atom stereocenters. The SMILES string of the molecule is COC(=O)c1cccc(C(=O)N(C)c2c(C)nc(CC(C)C)c(CN)c2-c2ccc(C)cc2)c1. The number of benzene rings is 2. The maximum absolute atomic E-state index is 13.6. The lowest BCUT2D eigenvalue weighted by Crippen LogP contribution is -2.29. The van der Waals surface area contributed by atoms with Crippen LogP contribution in [0.15, 0.2) is 48.5 Å². The second-order valence-electron chi connectivity index (χ2n) is 8.95. The first-order valence-electron chi connectivity index (χ1n) is 11.4. The number of ether oxygens (including phenoxy) is 1. The number of carbonyl (C=O) groups excluding carboxylic acids is 2. The standard InChI is InChI=1S/C28H33N3O3/c1-17(2)14-24-23(16-29)25(20-12-10-18(3)11-13-20)26(19(4)30-24)31(5)27(32)21-8-7-9-22(15-21)28(33)34-6/h7-13,15,17H,14,16,29H2,1-6H3. The van der Waals surface area contributed by atoms with Crippen LogP contribution in [-0.4, -0.2) is 31.0 Å². The molecule has 34 heavy (non-hydrogen) atoms. The minimum absolute atomic E-state index is 0.247. The lowest BCUT2D eigenvalue weighted by Gasteiger charge is -2.27. The quantitative estimate of drug-likeness (QED) is 0.498. The lowest BCUT2D eigenvalue weighted by molar-refractivity contribution is 0.0600. The van der Waals surface area contributed by atoms with E-state index in [1.807, 2.05) is 13.8 Å². The van der Waals surface area contributed by atoms with Crippen LogP contribution in [0.2, 0.25) is 0 Å². The van der Waals surface area contributed by atoms with E-state index in [1.165, 1.54) is 7.11 Å². The van der Waals surface area contributed by atoms with Crippen molar-refractivity contribution in [2.45, 2.75) is 40.7 Å². The highest BCUT2D eigenvalue weighted by atomic mass is 16.5. The molecule has 3 rings (SSSR count). The number of methoxy groups -OCH3 is 1. The Hall–Kier alpha value is -3.51. The summed E-state index contributed by atoms with van der Waals surface area (Å²) in [5.74, 6) is -0.322. The van der Waals surface area contributed by atoms with E-state index in [2.05, 4.69) is 38.1 Å². The Morgan fingerprint density at radius 1 is 1.06 bits per heavy atom. The number of hydrogen-bond acceptors (Lipinski definition) is 5. The molecule has 0 aliphatic heterocycles. The van der Waals surface area contributed by atoms with E-state index in [4.69, 9.17) is 15.5 Å². The van der Waals surface area contributed by atoms with Gasteiger partial charge >= 0.3 is 5.97 Å². The van der Waals surface area contributed by atoms with Crippen molar-refractivity contribution < 1.29 is 14.3 Å². The molecular weight excluding hydrogens is 426 g/mol. The number of amides is 1. The van der Waals surface area contributed by atoms with Crippen molar-refractivity contribution in [1.82, 2.24) is 4.98 Å². The van der Waals surface area contributed by atoms with E-state index in [9.17, 15) is 9.59 Å². The number of nitrogens with zero attached hydrogens (tertiary/aromatic N) is 2. The molecule has 0 saturated carbocycles. The molecular formula is C28H33N3O3. The van der Waals surface area contributed by atoms with Crippen LogP contribution in [0.5, 0.6) is 0 Å². The second-order valence-corrected chi connectivity index (χ2v) is 8.95. The lowest BCUT2D eigenvalue weighted by atomic mass is 9.91. The van der Waals surface area contributed by atoms with Gasteiger partial charge in [-0.05, 0) is 55.5 Å². The first-order valence-corrected chi connectivity index (χ1v) is 11.4. The van der Waals surface area contributed by atoms with Crippen molar-refractivity contribution in [3.63, 3.8) is 0 Å². The second kappa shape index (κ2) is 10.6. The van der Waals surface area contributed by atoms with Crippen molar-refractivity contribution in [1.29, 1.82) is 0 Å². The molecule has 0 aliphatic rings. The van der Waals surface area contributed by atoms with E-state index in [0.717, 1.165) is 40.1 Å². The van der Waals surface area contributed by atoms with Gasteiger partial charge in [-0.3, -0.25) is 9.78 Å². The summed E-state index contributed by atoms with van der Waals surface area (Å²) in [7, 11) is 3.05. The molecule has 0 aliphatic carbocycles. The number of anilines is 1. The van der Waals surface area contributed by atoms with Crippen LogP contribution in [0.1, 0.15) is 57.1 Å². The van der Waals surface area contributed by atoms with Gasteiger partial charge in [0.25, 0.3) is 5.91 Å². The van der Waals surface area contributed by atoms with Gasteiger partial charge in [-0.2, -0.15) is 0 Å². The van der Waals surface area contributed by atoms with Crippen LogP contribution in [0.4, 0.5) is 5.69 Å². The van der Waals surface area contributed by atoms with Gasteiger partial charge in [-0.1, -0.05) is 49.7 Å². The molecule has 1 amide bonds. The molecule has 0 bridgehead atoms. The number of carbonyl (C=O) groups is 2. The summed E-state index contributed by atoms with van der Waals surface area (Å²) in [4.78, 5) is 32.1. The van der Waals surface area contributed by atoms with Gasteiger partial charge in [-0.25, -0.2) is 4.79 Å².